The highest BCUT2D eigenvalue weighted by Gasteiger charge is 2.26. The Morgan fingerprint density at radius 3 is 2.45 bits per heavy atom. The van der Waals surface area contributed by atoms with Crippen molar-refractivity contribution in [2.24, 2.45) is 0 Å². The topological polar surface area (TPSA) is 29.5 Å². The minimum Gasteiger partial charge on any atom is -0.481 e. The minimum atomic E-state index is -0.549. The van der Waals surface area contributed by atoms with Gasteiger partial charge in [0.25, 0.3) is 5.91 Å². The number of rotatable bonds is 4. The zero-order chi connectivity index (χ0) is 14.5. The number of nitrogens with zero attached hydrogens (tertiary/aromatic N) is 1. The highest BCUT2D eigenvalue weighted by atomic mass is 19.1. The first-order chi connectivity index (χ1) is 9.58. The fraction of sp³-hybridized carbons (Fsp3) is 0.562. The Kier molecular flexibility index (Phi) is 4.99. The Hall–Kier alpha value is -1.58. The third-order valence-corrected chi connectivity index (χ3v) is 3.94. The smallest absolute Gasteiger partial charge is 0.263 e. The van der Waals surface area contributed by atoms with Crippen LogP contribution in [0.5, 0.6) is 5.75 Å². The van der Waals surface area contributed by atoms with Crippen LogP contribution in [0.2, 0.25) is 0 Å². The number of amides is 1. The second-order valence-corrected chi connectivity index (χ2v) is 5.45. The molecule has 1 aromatic rings. The van der Waals surface area contributed by atoms with E-state index in [0.717, 1.165) is 12.8 Å². The minimum absolute atomic E-state index is 0.0128. The van der Waals surface area contributed by atoms with Gasteiger partial charge in [0.05, 0.1) is 0 Å². The Morgan fingerprint density at radius 2 is 1.85 bits per heavy atom. The van der Waals surface area contributed by atoms with Crippen molar-refractivity contribution >= 4 is 5.91 Å². The van der Waals surface area contributed by atoms with Gasteiger partial charge in [0, 0.05) is 13.1 Å². The molecule has 0 N–H and O–H groups in total. The number of hydrogen-bond acceptors (Lipinski definition) is 2. The predicted molar refractivity (Wildman–Crippen MR) is 76.1 cm³/mol. The molecule has 0 unspecified atom stereocenters. The zero-order valence-electron chi connectivity index (χ0n) is 12.1. The van der Waals surface area contributed by atoms with Crippen LogP contribution < -0.4 is 4.74 Å². The van der Waals surface area contributed by atoms with Crippen molar-refractivity contribution in [2.75, 3.05) is 7.05 Å². The Balaban J connectivity index is 1.92. The number of benzene rings is 1. The Labute approximate surface area is 119 Å². The van der Waals surface area contributed by atoms with Crippen molar-refractivity contribution in [3.63, 3.8) is 0 Å². The Bertz CT molecular complexity index is 440. The summed E-state index contributed by atoms with van der Waals surface area (Å²) in [4.78, 5) is 14.2. The van der Waals surface area contributed by atoms with Gasteiger partial charge >= 0.3 is 0 Å². The molecule has 0 radical (unpaired) electrons. The number of carbonyl (C=O) groups excluding carboxylic acids is 1. The largest absolute Gasteiger partial charge is 0.481 e. The van der Waals surface area contributed by atoms with Crippen molar-refractivity contribution in [1.82, 2.24) is 4.90 Å². The fourth-order valence-electron chi connectivity index (χ4n) is 2.70. The van der Waals surface area contributed by atoms with Gasteiger partial charge < -0.3 is 9.64 Å². The number of halogens is 1. The van der Waals surface area contributed by atoms with Crippen molar-refractivity contribution < 1.29 is 13.9 Å². The molecule has 110 valence electrons. The molecular weight excluding hydrogens is 257 g/mol. The summed E-state index contributed by atoms with van der Waals surface area (Å²) in [5.41, 5.74) is 0. The molecule has 0 aromatic heterocycles. The molecular formula is C16H22FNO2. The lowest BCUT2D eigenvalue weighted by Gasteiger charge is -2.32. The van der Waals surface area contributed by atoms with Gasteiger partial charge in [-0.05, 0) is 44.0 Å². The molecule has 2 rings (SSSR count). The highest BCUT2D eigenvalue weighted by Crippen LogP contribution is 2.22. The average molecular weight is 279 g/mol. The summed E-state index contributed by atoms with van der Waals surface area (Å²) in [5.74, 6) is 0.196. The van der Waals surface area contributed by atoms with Gasteiger partial charge in [0.15, 0.2) is 6.10 Å². The van der Waals surface area contributed by atoms with Gasteiger partial charge in [0.1, 0.15) is 11.6 Å². The number of carbonyl (C=O) groups is 1. The quantitative estimate of drug-likeness (QED) is 0.845. The Morgan fingerprint density at radius 1 is 1.25 bits per heavy atom. The molecule has 4 heteroatoms. The monoisotopic (exact) mass is 279 g/mol. The lowest BCUT2D eigenvalue weighted by atomic mass is 9.94. The molecule has 1 aliphatic carbocycles. The maximum atomic E-state index is 12.8. The van der Waals surface area contributed by atoms with Gasteiger partial charge in [-0.25, -0.2) is 4.39 Å². The van der Waals surface area contributed by atoms with Crippen LogP contribution in [0, 0.1) is 5.82 Å². The fourth-order valence-corrected chi connectivity index (χ4v) is 2.70. The summed E-state index contributed by atoms with van der Waals surface area (Å²) < 4.78 is 18.4. The predicted octanol–water partition coefficient (Wildman–Crippen LogP) is 3.38. The summed E-state index contributed by atoms with van der Waals surface area (Å²) in [6.45, 7) is 1.74. The number of hydrogen-bond donors (Lipinski definition) is 0. The molecule has 3 nitrogen and oxygen atoms in total. The molecule has 0 heterocycles. The van der Waals surface area contributed by atoms with Gasteiger partial charge in [-0.15, -0.1) is 0 Å². The maximum Gasteiger partial charge on any atom is 0.263 e. The summed E-state index contributed by atoms with van der Waals surface area (Å²) in [5, 5.41) is 0. The number of likely N-dealkylation sites (N-methyl/N-ethyl adjacent to an activating group) is 1. The van der Waals surface area contributed by atoms with Crippen molar-refractivity contribution in [2.45, 2.75) is 51.2 Å². The SMILES string of the molecule is C[C@H](Oc1ccc(F)cc1)C(=O)N(C)C1CCCCC1. The third kappa shape index (κ3) is 3.71. The van der Waals surface area contributed by atoms with Crippen LogP contribution in [-0.2, 0) is 4.79 Å². The molecule has 1 aliphatic rings. The van der Waals surface area contributed by atoms with Crippen LogP contribution >= 0.6 is 0 Å². The summed E-state index contributed by atoms with van der Waals surface area (Å²) >= 11 is 0. The van der Waals surface area contributed by atoms with E-state index in [1.54, 1.807) is 19.1 Å². The summed E-state index contributed by atoms with van der Waals surface area (Å²) in [6.07, 6.45) is 5.25. The first kappa shape index (κ1) is 14.8. The van der Waals surface area contributed by atoms with E-state index in [4.69, 9.17) is 4.74 Å². The molecule has 0 spiro atoms. The second-order valence-electron chi connectivity index (χ2n) is 5.45. The first-order valence-electron chi connectivity index (χ1n) is 7.27. The zero-order valence-corrected chi connectivity index (χ0v) is 12.1. The molecule has 0 aliphatic heterocycles. The lowest BCUT2D eigenvalue weighted by Crippen LogP contribution is -2.44. The van der Waals surface area contributed by atoms with Gasteiger partial charge in [-0.3, -0.25) is 4.79 Å². The van der Waals surface area contributed by atoms with Gasteiger partial charge in [-0.1, -0.05) is 19.3 Å². The third-order valence-electron chi connectivity index (χ3n) is 3.94. The molecule has 1 atom stereocenters. The summed E-state index contributed by atoms with van der Waals surface area (Å²) in [6, 6.07) is 6.07. The van der Waals surface area contributed by atoms with Gasteiger partial charge in [-0.2, -0.15) is 0 Å². The molecule has 0 saturated heterocycles. The van der Waals surface area contributed by atoms with Crippen molar-refractivity contribution in [3.05, 3.63) is 30.1 Å². The standard InChI is InChI=1S/C16H22FNO2/c1-12(20-15-10-8-13(17)9-11-15)16(19)18(2)14-6-4-3-5-7-14/h8-12,14H,3-7H2,1-2H3/t12-/m0/s1. The van der Waals surface area contributed by atoms with E-state index in [1.165, 1.54) is 31.4 Å². The summed E-state index contributed by atoms with van der Waals surface area (Å²) in [7, 11) is 1.85. The van der Waals surface area contributed by atoms with Crippen LogP contribution in [0.15, 0.2) is 24.3 Å². The van der Waals surface area contributed by atoms with E-state index in [-0.39, 0.29) is 11.7 Å². The first-order valence-corrected chi connectivity index (χ1v) is 7.27. The average Bonchev–Trinajstić information content (AvgIpc) is 2.49. The van der Waals surface area contributed by atoms with Crippen LogP contribution in [0.4, 0.5) is 4.39 Å². The molecule has 0 bridgehead atoms. The lowest BCUT2D eigenvalue weighted by molar-refractivity contribution is -0.139. The second kappa shape index (κ2) is 6.73. The normalized spacial score (nSPS) is 17.6. The van der Waals surface area contributed by atoms with E-state index in [9.17, 15) is 9.18 Å². The van der Waals surface area contributed by atoms with E-state index < -0.39 is 6.10 Å². The highest BCUT2D eigenvalue weighted by molar-refractivity contribution is 5.81. The van der Waals surface area contributed by atoms with Crippen LogP contribution in [0.25, 0.3) is 0 Å². The van der Waals surface area contributed by atoms with Crippen LogP contribution in [0.1, 0.15) is 39.0 Å². The van der Waals surface area contributed by atoms with Crippen LogP contribution in [0.3, 0.4) is 0 Å². The number of ether oxygens (including phenoxy) is 1. The van der Waals surface area contributed by atoms with E-state index in [1.807, 2.05) is 11.9 Å². The van der Waals surface area contributed by atoms with E-state index >= 15 is 0 Å². The molecule has 1 fully saturated rings. The van der Waals surface area contributed by atoms with E-state index in [2.05, 4.69) is 0 Å². The van der Waals surface area contributed by atoms with Crippen molar-refractivity contribution in [3.8, 4) is 5.75 Å². The van der Waals surface area contributed by atoms with Gasteiger partial charge in [0.2, 0.25) is 0 Å². The molecule has 1 aromatic carbocycles. The van der Waals surface area contributed by atoms with Crippen molar-refractivity contribution in [1.29, 1.82) is 0 Å². The van der Waals surface area contributed by atoms with Crippen LogP contribution in [-0.4, -0.2) is 30.0 Å². The molecule has 1 amide bonds. The van der Waals surface area contributed by atoms with E-state index in [0.29, 0.717) is 11.8 Å². The molecule has 1 saturated carbocycles. The maximum absolute atomic E-state index is 12.8. The molecule has 20 heavy (non-hydrogen) atoms.